The van der Waals surface area contributed by atoms with E-state index in [1.54, 1.807) is 12.1 Å². The third-order valence-electron chi connectivity index (χ3n) is 4.95. The van der Waals surface area contributed by atoms with Crippen LogP contribution in [-0.4, -0.2) is 28.9 Å². The molecule has 2 amide bonds. The van der Waals surface area contributed by atoms with Gasteiger partial charge in [0.1, 0.15) is 11.9 Å². The first-order valence-electron chi connectivity index (χ1n) is 9.47. The van der Waals surface area contributed by atoms with Gasteiger partial charge in [-0.1, -0.05) is 30.3 Å². The summed E-state index contributed by atoms with van der Waals surface area (Å²) in [5.41, 5.74) is 2.68. The van der Waals surface area contributed by atoms with Crippen molar-refractivity contribution in [1.82, 2.24) is 15.6 Å². The molecule has 1 aromatic heterocycles. The average molecular weight is 379 g/mol. The Hall–Kier alpha value is -3.15. The Morgan fingerprint density at radius 3 is 2.61 bits per heavy atom. The molecule has 28 heavy (non-hydrogen) atoms. The molecule has 3 N–H and O–H groups in total. The molecule has 1 atom stereocenters. The topological polar surface area (TPSA) is 74.0 Å². The van der Waals surface area contributed by atoms with Crippen LogP contribution in [-0.2, 0) is 22.4 Å². The summed E-state index contributed by atoms with van der Waals surface area (Å²) in [5.74, 6) is -0.771. The number of halogens is 1. The molecule has 0 radical (unpaired) electrons. The Balaban J connectivity index is 1.48. The van der Waals surface area contributed by atoms with Crippen molar-refractivity contribution in [2.75, 3.05) is 0 Å². The molecule has 1 heterocycles. The van der Waals surface area contributed by atoms with Crippen LogP contribution in [0.1, 0.15) is 24.0 Å². The molecule has 144 valence electrons. The minimum Gasteiger partial charge on any atom is -0.361 e. The summed E-state index contributed by atoms with van der Waals surface area (Å²) in [7, 11) is 0. The molecule has 0 aliphatic heterocycles. The third-order valence-corrected chi connectivity index (χ3v) is 4.95. The van der Waals surface area contributed by atoms with E-state index in [0.29, 0.717) is 12.0 Å². The molecule has 0 bridgehead atoms. The van der Waals surface area contributed by atoms with E-state index in [0.717, 1.165) is 29.3 Å². The van der Waals surface area contributed by atoms with Gasteiger partial charge in [0.05, 0.1) is 6.42 Å². The van der Waals surface area contributed by atoms with Gasteiger partial charge in [0.2, 0.25) is 11.8 Å². The highest BCUT2D eigenvalue weighted by Crippen LogP contribution is 2.21. The number of amides is 2. The Labute approximate surface area is 162 Å². The Morgan fingerprint density at radius 2 is 1.86 bits per heavy atom. The van der Waals surface area contributed by atoms with Crippen LogP contribution in [0.3, 0.4) is 0 Å². The lowest BCUT2D eigenvalue weighted by atomic mass is 10.0. The molecule has 0 saturated heterocycles. The van der Waals surface area contributed by atoms with Gasteiger partial charge < -0.3 is 15.6 Å². The molecular weight excluding hydrogens is 357 g/mol. The Morgan fingerprint density at radius 1 is 1.11 bits per heavy atom. The fourth-order valence-corrected chi connectivity index (χ4v) is 3.29. The SMILES string of the molecule is O=C(Cc1ccc(F)cc1)N[C@@H](Cc1c[nH]c2ccccc12)C(=O)NC1CC1. The second kappa shape index (κ2) is 7.84. The van der Waals surface area contributed by atoms with Crippen molar-refractivity contribution >= 4 is 22.7 Å². The van der Waals surface area contributed by atoms with Gasteiger partial charge in [0.25, 0.3) is 0 Å². The van der Waals surface area contributed by atoms with Crippen LogP contribution >= 0.6 is 0 Å². The number of rotatable bonds is 7. The smallest absolute Gasteiger partial charge is 0.243 e. The summed E-state index contributed by atoms with van der Waals surface area (Å²) in [6.45, 7) is 0. The number of hydrogen-bond acceptors (Lipinski definition) is 2. The lowest BCUT2D eigenvalue weighted by Crippen LogP contribution is -2.49. The molecule has 1 aliphatic carbocycles. The zero-order valence-electron chi connectivity index (χ0n) is 15.4. The van der Waals surface area contributed by atoms with Crippen molar-refractivity contribution in [2.45, 2.75) is 37.8 Å². The summed E-state index contributed by atoms with van der Waals surface area (Å²) >= 11 is 0. The monoisotopic (exact) mass is 379 g/mol. The Bertz CT molecular complexity index is 992. The second-order valence-corrected chi connectivity index (χ2v) is 7.27. The van der Waals surface area contributed by atoms with Gasteiger partial charge in [-0.05, 0) is 42.2 Å². The molecular formula is C22H22FN3O2. The van der Waals surface area contributed by atoms with Gasteiger partial charge in [-0.2, -0.15) is 0 Å². The number of benzene rings is 2. The zero-order chi connectivity index (χ0) is 19.5. The molecule has 2 aromatic carbocycles. The maximum Gasteiger partial charge on any atom is 0.243 e. The van der Waals surface area contributed by atoms with Crippen molar-refractivity contribution in [2.24, 2.45) is 0 Å². The van der Waals surface area contributed by atoms with Gasteiger partial charge in [-0.15, -0.1) is 0 Å². The summed E-state index contributed by atoms with van der Waals surface area (Å²) in [6, 6.07) is 13.2. The highest BCUT2D eigenvalue weighted by molar-refractivity contribution is 5.90. The first-order chi connectivity index (χ1) is 13.6. The molecule has 6 heteroatoms. The minimum atomic E-state index is -0.659. The zero-order valence-corrected chi connectivity index (χ0v) is 15.4. The summed E-state index contributed by atoms with van der Waals surface area (Å²) in [5, 5.41) is 6.88. The first kappa shape index (κ1) is 18.2. The highest BCUT2D eigenvalue weighted by atomic mass is 19.1. The first-order valence-corrected chi connectivity index (χ1v) is 9.47. The summed E-state index contributed by atoms with van der Waals surface area (Å²) in [6.07, 6.45) is 4.34. The highest BCUT2D eigenvalue weighted by Gasteiger charge is 2.29. The summed E-state index contributed by atoms with van der Waals surface area (Å²) < 4.78 is 13.1. The molecule has 4 rings (SSSR count). The van der Waals surface area contributed by atoms with Crippen LogP contribution in [0.15, 0.2) is 54.7 Å². The number of para-hydroxylation sites is 1. The standard InChI is InChI=1S/C22H22FN3O2/c23-16-7-5-14(6-8-16)11-21(27)26-20(22(28)25-17-9-10-17)12-15-13-24-19-4-2-1-3-18(15)19/h1-8,13,17,20,24H,9-12H2,(H,25,28)(H,26,27)/t20-/m0/s1. The maximum atomic E-state index is 13.1. The molecule has 0 unspecified atom stereocenters. The van der Waals surface area contributed by atoms with Crippen LogP contribution in [0, 0.1) is 5.82 Å². The number of carbonyl (C=O) groups is 2. The van der Waals surface area contributed by atoms with Gasteiger partial charge in [-0.25, -0.2) is 4.39 Å². The van der Waals surface area contributed by atoms with Crippen LogP contribution in [0.25, 0.3) is 10.9 Å². The van der Waals surface area contributed by atoms with Crippen molar-refractivity contribution < 1.29 is 14.0 Å². The number of fused-ring (bicyclic) bond motifs is 1. The van der Waals surface area contributed by atoms with Crippen molar-refractivity contribution in [3.05, 3.63) is 71.7 Å². The fraction of sp³-hybridized carbons (Fsp3) is 0.273. The lowest BCUT2D eigenvalue weighted by Gasteiger charge is -2.18. The third kappa shape index (κ3) is 4.39. The van der Waals surface area contributed by atoms with Crippen molar-refractivity contribution in [3.63, 3.8) is 0 Å². The number of H-pyrrole nitrogens is 1. The molecule has 3 aromatic rings. The van der Waals surface area contributed by atoms with Gasteiger partial charge >= 0.3 is 0 Å². The number of aromatic nitrogens is 1. The number of nitrogens with one attached hydrogen (secondary N) is 3. The van der Waals surface area contributed by atoms with Gasteiger partial charge in [-0.3, -0.25) is 9.59 Å². The number of hydrogen-bond donors (Lipinski definition) is 3. The van der Waals surface area contributed by atoms with E-state index in [1.807, 2.05) is 30.5 Å². The predicted molar refractivity (Wildman–Crippen MR) is 105 cm³/mol. The summed E-state index contributed by atoms with van der Waals surface area (Å²) in [4.78, 5) is 28.4. The van der Waals surface area contributed by atoms with E-state index in [1.165, 1.54) is 12.1 Å². The van der Waals surface area contributed by atoms with E-state index in [2.05, 4.69) is 15.6 Å². The van der Waals surface area contributed by atoms with Crippen LogP contribution in [0.5, 0.6) is 0 Å². The van der Waals surface area contributed by atoms with E-state index in [4.69, 9.17) is 0 Å². The predicted octanol–water partition coefficient (Wildman–Crippen LogP) is 2.86. The number of carbonyl (C=O) groups excluding carboxylic acids is 2. The second-order valence-electron chi connectivity index (χ2n) is 7.27. The van der Waals surface area contributed by atoms with Crippen LogP contribution in [0.2, 0.25) is 0 Å². The Kier molecular flexibility index (Phi) is 5.10. The van der Waals surface area contributed by atoms with E-state index in [-0.39, 0.29) is 30.1 Å². The average Bonchev–Trinajstić information content (AvgIpc) is 3.41. The molecule has 0 spiro atoms. The minimum absolute atomic E-state index is 0.0986. The fourth-order valence-electron chi connectivity index (χ4n) is 3.29. The molecule has 1 fully saturated rings. The van der Waals surface area contributed by atoms with Crippen LogP contribution in [0.4, 0.5) is 4.39 Å². The van der Waals surface area contributed by atoms with Gasteiger partial charge in [0.15, 0.2) is 0 Å². The van der Waals surface area contributed by atoms with Crippen molar-refractivity contribution in [1.29, 1.82) is 0 Å². The van der Waals surface area contributed by atoms with Crippen molar-refractivity contribution in [3.8, 4) is 0 Å². The normalized spacial score (nSPS) is 14.6. The van der Waals surface area contributed by atoms with E-state index in [9.17, 15) is 14.0 Å². The lowest BCUT2D eigenvalue weighted by molar-refractivity contribution is -0.128. The van der Waals surface area contributed by atoms with Crippen LogP contribution < -0.4 is 10.6 Å². The largest absolute Gasteiger partial charge is 0.361 e. The molecule has 1 saturated carbocycles. The van der Waals surface area contributed by atoms with E-state index >= 15 is 0 Å². The maximum absolute atomic E-state index is 13.1. The van der Waals surface area contributed by atoms with Gasteiger partial charge in [0, 0.05) is 29.6 Å². The quantitative estimate of drug-likeness (QED) is 0.591. The van der Waals surface area contributed by atoms with E-state index < -0.39 is 6.04 Å². The molecule has 5 nitrogen and oxygen atoms in total. The number of aromatic amines is 1. The molecule has 1 aliphatic rings.